The third-order valence-electron chi connectivity index (χ3n) is 2.34. The van der Waals surface area contributed by atoms with Crippen molar-refractivity contribution in [3.05, 3.63) is 29.3 Å². The number of rotatable bonds is 3. The Hall–Kier alpha value is -1.29. The van der Waals surface area contributed by atoms with E-state index < -0.39 is 0 Å². The molecule has 0 atom stereocenters. The van der Waals surface area contributed by atoms with Crippen LogP contribution >= 0.6 is 11.8 Å². The molecule has 0 saturated carbocycles. The molecule has 0 radical (unpaired) electrons. The standard InChI is InChI=1S/C12H15N3S/c1-7(2)6-16-8-3-4-9-10(5-8)12(14)15-11(9)13/h3-5,7H,6H2,1-2H3,(H3,13,14,15). The Labute approximate surface area is 99.7 Å². The smallest absolute Gasteiger partial charge is 0.154 e. The fourth-order valence-electron chi connectivity index (χ4n) is 1.54. The topological polar surface area (TPSA) is 62.2 Å². The van der Waals surface area contributed by atoms with Crippen molar-refractivity contribution in [3.8, 4) is 0 Å². The molecule has 0 aliphatic carbocycles. The number of hydrogen-bond acceptors (Lipinski definition) is 3. The van der Waals surface area contributed by atoms with Gasteiger partial charge in [0, 0.05) is 21.8 Å². The van der Waals surface area contributed by atoms with Crippen LogP contribution in [0.4, 0.5) is 0 Å². The van der Waals surface area contributed by atoms with Gasteiger partial charge in [0.05, 0.1) is 0 Å². The molecular weight excluding hydrogens is 218 g/mol. The Morgan fingerprint density at radius 2 is 2.12 bits per heavy atom. The van der Waals surface area contributed by atoms with Crippen molar-refractivity contribution in [2.24, 2.45) is 16.6 Å². The zero-order valence-electron chi connectivity index (χ0n) is 9.45. The molecular formula is C12H15N3S. The van der Waals surface area contributed by atoms with Gasteiger partial charge >= 0.3 is 0 Å². The predicted molar refractivity (Wildman–Crippen MR) is 69.6 cm³/mol. The average molecular weight is 233 g/mol. The van der Waals surface area contributed by atoms with Crippen molar-refractivity contribution in [1.82, 2.24) is 0 Å². The summed E-state index contributed by atoms with van der Waals surface area (Å²) in [5.41, 5.74) is 7.45. The molecule has 0 aromatic heterocycles. The van der Waals surface area contributed by atoms with Gasteiger partial charge in [-0.25, -0.2) is 4.99 Å². The number of aliphatic imine (C=N–C) groups is 1. The molecule has 0 saturated heterocycles. The SMILES string of the molecule is CC(C)CSc1ccc2c(c1)C(=N)N=C2N. The van der Waals surface area contributed by atoms with Crippen molar-refractivity contribution in [1.29, 1.82) is 5.41 Å². The number of fused-ring (bicyclic) bond motifs is 1. The van der Waals surface area contributed by atoms with Gasteiger partial charge in [-0.1, -0.05) is 13.8 Å². The second-order valence-corrected chi connectivity index (χ2v) is 5.35. The van der Waals surface area contributed by atoms with Crippen LogP contribution in [0.15, 0.2) is 28.1 Å². The van der Waals surface area contributed by atoms with E-state index in [1.54, 1.807) is 0 Å². The third-order valence-corrected chi connectivity index (χ3v) is 3.76. The zero-order valence-corrected chi connectivity index (χ0v) is 10.3. The second kappa shape index (κ2) is 4.29. The molecule has 0 amide bonds. The van der Waals surface area contributed by atoms with E-state index in [2.05, 4.69) is 18.8 Å². The summed E-state index contributed by atoms with van der Waals surface area (Å²) in [6, 6.07) is 6.01. The average Bonchev–Trinajstić information content (AvgIpc) is 2.52. The van der Waals surface area contributed by atoms with Gasteiger partial charge in [-0.05, 0) is 24.1 Å². The minimum Gasteiger partial charge on any atom is -0.383 e. The highest BCUT2D eigenvalue weighted by atomic mass is 32.2. The number of nitrogens with two attached hydrogens (primary N) is 1. The van der Waals surface area contributed by atoms with Crippen LogP contribution in [-0.2, 0) is 0 Å². The van der Waals surface area contributed by atoms with Crippen molar-refractivity contribution < 1.29 is 0 Å². The predicted octanol–water partition coefficient (Wildman–Crippen LogP) is 2.48. The van der Waals surface area contributed by atoms with Crippen LogP contribution in [0.3, 0.4) is 0 Å². The van der Waals surface area contributed by atoms with Gasteiger partial charge in [-0.3, -0.25) is 5.41 Å². The van der Waals surface area contributed by atoms with Crippen LogP contribution in [-0.4, -0.2) is 17.4 Å². The number of benzene rings is 1. The van der Waals surface area contributed by atoms with Crippen molar-refractivity contribution in [2.75, 3.05) is 5.75 Å². The maximum atomic E-state index is 7.70. The number of hydrogen-bond donors (Lipinski definition) is 2. The van der Waals surface area contributed by atoms with E-state index >= 15 is 0 Å². The van der Waals surface area contributed by atoms with Crippen LogP contribution in [0, 0.1) is 11.3 Å². The molecule has 84 valence electrons. The first kappa shape index (κ1) is 11.2. The quantitative estimate of drug-likeness (QED) is 0.788. The second-order valence-electron chi connectivity index (χ2n) is 4.26. The first-order chi connectivity index (χ1) is 7.58. The van der Waals surface area contributed by atoms with Gasteiger partial charge in [0.25, 0.3) is 0 Å². The molecule has 0 bridgehead atoms. The molecule has 2 rings (SSSR count). The maximum absolute atomic E-state index is 7.70. The molecule has 3 nitrogen and oxygen atoms in total. The van der Waals surface area contributed by atoms with E-state index in [4.69, 9.17) is 11.1 Å². The Bertz CT molecular complexity index is 463. The number of nitrogens with zero attached hydrogens (tertiary/aromatic N) is 1. The molecule has 1 aliphatic rings. The molecule has 0 unspecified atom stereocenters. The molecule has 1 aromatic rings. The van der Waals surface area contributed by atoms with Gasteiger partial charge in [-0.2, -0.15) is 0 Å². The van der Waals surface area contributed by atoms with Crippen LogP contribution in [0.25, 0.3) is 0 Å². The van der Waals surface area contributed by atoms with Gasteiger partial charge in [0.1, 0.15) is 5.84 Å². The number of amidine groups is 2. The summed E-state index contributed by atoms with van der Waals surface area (Å²) in [7, 11) is 0. The first-order valence-corrected chi connectivity index (χ1v) is 6.27. The Morgan fingerprint density at radius 3 is 2.81 bits per heavy atom. The summed E-state index contributed by atoms with van der Waals surface area (Å²) in [5, 5.41) is 7.70. The minimum atomic E-state index is 0.277. The maximum Gasteiger partial charge on any atom is 0.154 e. The van der Waals surface area contributed by atoms with Gasteiger partial charge in [0.15, 0.2) is 5.84 Å². The number of nitrogens with one attached hydrogen (secondary N) is 1. The summed E-state index contributed by atoms with van der Waals surface area (Å²) in [4.78, 5) is 5.14. The van der Waals surface area contributed by atoms with Crippen LogP contribution in [0.1, 0.15) is 25.0 Å². The lowest BCUT2D eigenvalue weighted by Gasteiger charge is -2.06. The van der Waals surface area contributed by atoms with Crippen molar-refractivity contribution >= 4 is 23.4 Å². The lowest BCUT2D eigenvalue weighted by atomic mass is 10.1. The third kappa shape index (κ3) is 2.11. The lowest BCUT2D eigenvalue weighted by molar-refractivity contribution is 0.750. The lowest BCUT2D eigenvalue weighted by Crippen LogP contribution is -2.10. The minimum absolute atomic E-state index is 0.277. The van der Waals surface area contributed by atoms with Crippen LogP contribution in [0.5, 0.6) is 0 Å². The largest absolute Gasteiger partial charge is 0.383 e. The highest BCUT2D eigenvalue weighted by Gasteiger charge is 2.18. The molecule has 1 aromatic carbocycles. The fraction of sp³-hybridized carbons (Fsp3) is 0.333. The Morgan fingerprint density at radius 1 is 1.38 bits per heavy atom. The van der Waals surface area contributed by atoms with Crippen LogP contribution < -0.4 is 5.73 Å². The number of thioether (sulfide) groups is 1. The summed E-state index contributed by atoms with van der Waals surface area (Å²) in [6.45, 7) is 4.40. The molecule has 1 heterocycles. The summed E-state index contributed by atoms with van der Waals surface area (Å²) in [6.07, 6.45) is 0. The molecule has 0 fully saturated rings. The van der Waals surface area contributed by atoms with E-state index in [-0.39, 0.29) is 5.84 Å². The highest BCUT2D eigenvalue weighted by molar-refractivity contribution is 7.99. The van der Waals surface area contributed by atoms with E-state index in [1.165, 1.54) is 4.90 Å². The first-order valence-electron chi connectivity index (χ1n) is 5.28. The normalized spacial score (nSPS) is 14.2. The summed E-state index contributed by atoms with van der Waals surface area (Å²) < 4.78 is 0. The van der Waals surface area contributed by atoms with Gasteiger partial charge in [0.2, 0.25) is 0 Å². The van der Waals surface area contributed by atoms with E-state index in [1.807, 2.05) is 30.0 Å². The van der Waals surface area contributed by atoms with Gasteiger partial charge in [-0.15, -0.1) is 11.8 Å². The molecule has 0 spiro atoms. The summed E-state index contributed by atoms with van der Waals surface area (Å²) >= 11 is 1.81. The zero-order chi connectivity index (χ0) is 11.7. The summed E-state index contributed by atoms with van der Waals surface area (Å²) in [5.74, 6) is 2.49. The van der Waals surface area contributed by atoms with E-state index in [0.717, 1.165) is 16.9 Å². The molecule has 4 heteroatoms. The fourth-order valence-corrected chi connectivity index (χ4v) is 2.43. The van der Waals surface area contributed by atoms with Crippen molar-refractivity contribution in [3.63, 3.8) is 0 Å². The monoisotopic (exact) mass is 233 g/mol. The van der Waals surface area contributed by atoms with E-state index in [9.17, 15) is 0 Å². The van der Waals surface area contributed by atoms with E-state index in [0.29, 0.717) is 11.8 Å². The Kier molecular flexibility index (Phi) is 3.01. The Balaban J connectivity index is 2.22. The molecule has 16 heavy (non-hydrogen) atoms. The van der Waals surface area contributed by atoms with Gasteiger partial charge < -0.3 is 5.73 Å². The van der Waals surface area contributed by atoms with Crippen molar-refractivity contribution in [2.45, 2.75) is 18.7 Å². The van der Waals surface area contributed by atoms with Crippen LogP contribution in [0.2, 0.25) is 0 Å². The molecule has 3 N–H and O–H groups in total. The highest BCUT2D eigenvalue weighted by Crippen LogP contribution is 2.26. The molecule has 1 aliphatic heterocycles.